The molecule has 0 spiro atoms. The van der Waals surface area contributed by atoms with Gasteiger partial charge in [-0.1, -0.05) is 5.57 Å². The van der Waals surface area contributed by atoms with Crippen LogP contribution in [-0.2, 0) is 14.3 Å². The van der Waals surface area contributed by atoms with Crippen LogP contribution in [-0.4, -0.2) is 18.9 Å². The molecule has 0 aliphatic heterocycles. The Labute approximate surface area is 84.1 Å². The largest absolute Gasteiger partial charge is 0.469 e. The highest BCUT2D eigenvalue weighted by Gasteiger charge is 2.19. The van der Waals surface area contributed by atoms with Gasteiger partial charge in [-0.3, -0.25) is 9.59 Å². The van der Waals surface area contributed by atoms with Crippen molar-refractivity contribution in [2.75, 3.05) is 7.11 Å². The molecule has 3 heteroatoms. The SMILES string of the molecule is COC(=O)CCC1CCC(=O)C=C1C. The molecule has 3 nitrogen and oxygen atoms in total. The third-order valence-corrected chi connectivity index (χ3v) is 2.70. The third kappa shape index (κ3) is 2.98. The van der Waals surface area contributed by atoms with Gasteiger partial charge in [-0.05, 0) is 31.8 Å². The van der Waals surface area contributed by atoms with Crippen molar-refractivity contribution < 1.29 is 14.3 Å². The zero-order valence-electron chi connectivity index (χ0n) is 8.71. The monoisotopic (exact) mass is 196 g/mol. The van der Waals surface area contributed by atoms with Gasteiger partial charge in [0.15, 0.2) is 5.78 Å². The van der Waals surface area contributed by atoms with Gasteiger partial charge >= 0.3 is 5.97 Å². The van der Waals surface area contributed by atoms with Crippen LogP contribution in [0.2, 0.25) is 0 Å². The molecule has 78 valence electrons. The van der Waals surface area contributed by atoms with E-state index in [1.54, 1.807) is 6.08 Å². The van der Waals surface area contributed by atoms with Crippen LogP contribution in [0, 0.1) is 5.92 Å². The van der Waals surface area contributed by atoms with Gasteiger partial charge in [0.25, 0.3) is 0 Å². The fourth-order valence-corrected chi connectivity index (χ4v) is 1.75. The molecule has 1 rings (SSSR count). The van der Waals surface area contributed by atoms with Crippen molar-refractivity contribution in [1.82, 2.24) is 0 Å². The molecule has 0 aromatic rings. The van der Waals surface area contributed by atoms with Crippen LogP contribution < -0.4 is 0 Å². The number of ether oxygens (including phenoxy) is 1. The Kier molecular flexibility index (Phi) is 3.86. The molecule has 0 N–H and O–H groups in total. The molecular formula is C11H16O3. The first-order valence-electron chi connectivity index (χ1n) is 4.91. The van der Waals surface area contributed by atoms with E-state index in [-0.39, 0.29) is 11.8 Å². The van der Waals surface area contributed by atoms with Crippen LogP contribution in [0.25, 0.3) is 0 Å². The highest BCUT2D eigenvalue weighted by molar-refractivity contribution is 5.91. The molecule has 1 atom stereocenters. The van der Waals surface area contributed by atoms with E-state index < -0.39 is 0 Å². The zero-order chi connectivity index (χ0) is 10.6. The van der Waals surface area contributed by atoms with Crippen LogP contribution in [0.1, 0.15) is 32.6 Å². The van der Waals surface area contributed by atoms with Gasteiger partial charge < -0.3 is 4.74 Å². The lowest BCUT2D eigenvalue weighted by Gasteiger charge is -2.20. The third-order valence-electron chi connectivity index (χ3n) is 2.70. The lowest BCUT2D eigenvalue weighted by Crippen LogP contribution is -2.14. The smallest absolute Gasteiger partial charge is 0.305 e. The Morgan fingerprint density at radius 2 is 2.36 bits per heavy atom. The standard InChI is InChI=1S/C11H16O3/c1-8-7-10(12)5-3-9(8)4-6-11(13)14-2/h7,9H,3-6H2,1-2H3. The lowest BCUT2D eigenvalue weighted by atomic mass is 9.85. The molecule has 0 aromatic carbocycles. The summed E-state index contributed by atoms with van der Waals surface area (Å²) >= 11 is 0. The molecule has 0 amide bonds. The number of esters is 1. The molecule has 1 aliphatic rings. The zero-order valence-corrected chi connectivity index (χ0v) is 8.71. The number of hydrogen-bond donors (Lipinski definition) is 0. The minimum absolute atomic E-state index is 0.172. The van der Waals surface area contributed by atoms with Crippen molar-refractivity contribution in [2.45, 2.75) is 32.6 Å². The average molecular weight is 196 g/mol. The van der Waals surface area contributed by atoms with E-state index in [0.29, 0.717) is 18.8 Å². The highest BCUT2D eigenvalue weighted by Crippen LogP contribution is 2.26. The topological polar surface area (TPSA) is 43.4 Å². The fraction of sp³-hybridized carbons (Fsp3) is 0.636. The summed E-state index contributed by atoms with van der Waals surface area (Å²) in [5.74, 6) is 0.415. The minimum atomic E-state index is -0.172. The van der Waals surface area contributed by atoms with E-state index in [1.165, 1.54) is 7.11 Å². The predicted molar refractivity (Wildman–Crippen MR) is 52.7 cm³/mol. The van der Waals surface area contributed by atoms with Crippen LogP contribution >= 0.6 is 0 Å². The van der Waals surface area contributed by atoms with E-state index in [9.17, 15) is 9.59 Å². The molecule has 14 heavy (non-hydrogen) atoms. The molecule has 0 saturated carbocycles. The summed E-state index contributed by atoms with van der Waals surface area (Å²) in [5.41, 5.74) is 1.10. The van der Waals surface area contributed by atoms with Crippen molar-refractivity contribution in [3.63, 3.8) is 0 Å². The molecule has 0 bridgehead atoms. The molecule has 0 aromatic heterocycles. The highest BCUT2D eigenvalue weighted by atomic mass is 16.5. The Balaban J connectivity index is 2.42. The number of methoxy groups -OCH3 is 1. The fourth-order valence-electron chi connectivity index (χ4n) is 1.75. The predicted octanol–water partition coefficient (Wildman–Crippen LogP) is 1.86. The summed E-state index contributed by atoms with van der Waals surface area (Å²) in [6.45, 7) is 1.96. The summed E-state index contributed by atoms with van der Waals surface area (Å²) in [6.07, 6.45) is 4.43. The van der Waals surface area contributed by atoms with E-state index in [0.717, 1.165) is 18.4 Å². The second-order valence-corrected chi connectivity index (χ2v) is 3.71. The van der Waals surface area contributed by atoms with Gasteiger partial charge in [0.05, 0.1) is 7.11 Å². The maximum Gasteiger partial charge on any atom is 0.305 e. The first-order chi connectivity index (χ1) is 6.63. The first kappa shape index (κ1) is 11.0. The summed E-state index contributed by atoms with van der Waals surface area (Å²) in [7, 11) is 1.40. The van der Waals surface area contributed by atoms with E-state index in [4.69, 9.17) is 0 Å². The maximum atomic E-state index is 11.0. The number of ketones is 1. The van der Waals surface area contributed by atoms with Crippen molar-refractivity contribution in [1.29, 1.82) is 0 Å². The summed E-state index contributed by atoms with van der Waals surface area (Å²) in [6, 6.07) is 0. The van der Waals surface area contributed by atoms with Crippen molar-refractivity contribution in [2.24, 2.45) is 5.92 Å². The lowest BCUT2D eigenvalue weighted by molar-refractivity contribution is -0.140. The molecule has 0 saturated heterocycles. The molecule has 0 heterocycles. The first-order valence-corrected chi connectivity index (χ1v) is 4.91. The molecule has 0 fully saturated rings. The van der Waals surface area contributed by atoms with Gasteiger partial charge in [0, 0.05) is 12.8 Å². The van der Waals surface area contributed by atoms with E-state index in [1.807, 2.05) is 6.92 Å². The van der Waals surface area contributed by atoms with Gasteiger partial charge in [0.2, 0.25) is 0 Å². The van der Waals surface area contributed by atoms with Crippen LogP contribution in [0.3, 0.4) is 0 Å². The van der Waals surface area contributed by atoms with E-state index in [2.05, 4.69) is 4.74 Å². The Hall–Kier alpha value is -1.12. The number of hydrogen-bond acceptors (Lipinski definition) is 3. The Morgan fingerprint density at radius 1 is 1.64 bits per heavy atom. The van der Waals surface area contributed by atoms with Crippen LogP contribution in [0.5, 0.6) is 0 Å². The van der Waals surface area contributed by atoms with Gasteiger partial charge in [-0.2, -0.15) is 0 Å². The number of carbonyl (C=O) groups excluding carboxylic acids is 2. The van der Waals surface area contributed by atoms with Crippen molar-refractivity contribution in [3.05, 3.63) is 11.6 Å². The Bertz CT molecular complexity index is 266. The maximum absolute atomic E-state index is 11.0. The molecule has 0 radical (unpaired) electrons. The van der Waals surface area contributed by atoms with Crippen LogP contribution in [0.4, 0.5) is 0 Å². The number of allylic oxidation sites excluding steroid dienone is 2. The van der Waals surface area contributed by atoms with Gasteiger partial charge in [-0.25, -0.2) is 0 Å². The molecular weight excluding hydrogens is 180 g/mol. The number of carbonyl (C=O) groups is 2. The quantitative estimate of drug-likeness (QED) is 0.647. The second-order valence-electron chi connectivity index (χ2n) is 3.71. The Morgan fingerprint density at radius 3 is 2.93 bits per heavy atom. The summed E-state index contributed by atoms with van der Waals surface area (Å²) in [4.78, 5) is 22.0. The van der Waals surface area contributed by atoms with E-state index >= 15 is 0 Å². The van der Waals surface area contributed by atoms with Crippen LogP contribution in [0.15, 0.2) is 11.6 Å². The normalized spacial score (nSPS) is 21.7. The summed E-state index contributed by atoms with van der Waals surface area (Å²) < 4.78 is 4.57. The minimum Gasteiger partial charge on any atom is -0.469 e. The number of rotatable bonds is 3. The molecule has 1 aliphatic carbocycles. The van der Waals surface area contributed by atoms with Crippen molar-refractivity contribution in [3.8, 4) is 0 Å². The van der Waals surface area contributed by atoms with Gasteiger partial charge in [0.1, 0.15) is 0 Å². The summed E-state index contributed by atoms with van der Waals surface area (Å²) in [5, 5.41) is 0. The van der Waals surface area contributed by atoms with Crippen molar-refractivity contribution >= 4 is 11.8 Å². The van der Waals surface area contributed by atoms with Gasteiger partial charge in [-0.15, -0.1) is 0 Å². The molecule has 1 unspecified atom stereocenters. The second kappa shape index (κ2) is 4.94. The average Bonchev–Trinajstić information content (AvgIpc) is 2.16.